The van der Waals surface area contributed by atoms with E-state index in [1.165, 1.54) is 18.2 Å². The Morgan fingerprint density at radius 2 is 2.19 bits per heavy atom. The number of furan rings is 1. The van der Waals surface area contributed by atoms with E-state index in [0.29, 0.717) is 0 Å². The van der Waals surface area contributed by atoms with E-state index in [0.717, 1.165) is 23.7 Å². The van der Waals surface area contributed by atoms with Crippen molar-refractivity contribution in [1.29, 1.82) is 0 Å². The average molecular weight is 213 g/mol. The van der Waals surface area contributed by atoms with Crippen LogP contribution in [0.4, 0.5) is 0 Å². The zero-order valence-corrected chi connectivity index (χ0v) is 9.15. The van der Waals surface area contributed by atoms with Gasteiger partial charge in [0.15, 0.2) is 0 Å². The van der Waals surface area contributed by atoms with Crippen LogP contribution in [0.2, 0.25) is 0 Å². The van der Waals surface area contributed by atoms with Gasteiger partial charge in [-0.1, -0.05) is 30.4 Å². The van der Waals surface area contributed by atoms with Crippen molar-refractivity contribution in [2.75, 3.05) is 6.54 Å². The molecule has 1 aliphatic rings. The van der Waals surface area contributed by atoms with Crippen molar-refractivity contribution in [2.45, 2.75) is 18.9 Å². The highest BCUT2D eigenvalue weighted by Gasteiger charge is 2.18. The van der Waals surface area contributed by atoms with Gasteiger partial charge < -0.3 is 9.73 Å². The summed E-state index contributed by atoms with van der Waals surface area (Å²) in [4.78, 5) is 0. The smallest absolute Gasteiger partial charge is 0.134 e. The third-order valence-electron chi connectivity index (χ3n) is 2.91. The minimum absolute atomic E-state index is 0.769. The Kier molecular flexibility index (Phi) is 2.50. The molecule has 1 N–H and O–H groups in total. The van der Waals surface area contributed by atoms with Crippen LogP contribution < -0.4 is 5.32 Å². The average Bonchev–Trinajstić information content (AvgIpc) is 3.05. The van der Waals surface area contributed by atoms with Gasteiger partial charge in [0, 0.05) is 23.5 Å². The third kappa shape index (κ3) is 2.02. The molecule has 2 nitrogen and oxygen atoms in total. The predicted molar refractivity (Wildman–Crippen MR) is 66.3 cm³/mol. The van der Waals surface area contributed by atoms with Crippen molar-refractivity contribution in [3.8, 4) is 0 Å². The van der Waals surface area contributed by atoms with Gasteiger partial charge in [0.05, 0.1) is 6.26 Å². The van der Waals surface area contributed by atoms with Crippen LogP contribution in [0.5, 0.6) is 0 Å². The lowest BCUT2D eigenvalue weighted by atomic mass is 10.1. The molecule has 0 atom stereocenters. The summed E-state index contributed by atoms with van der Waals surface area (Å²) in [6.45, 7) is 0.949. The maximum atomic E-state index is 5.47. The number of para-hydroxylation sites is 1. The van der Waals surface area contributed by atoms with Crippen molar-refractivity contribution < 1.29 is 4.42 Å². The molecule has 1 aromatic heterocycles. The molecule has 2 heteroatoms. The normalized spacial score (nSPS) is 16.2. The van der Waals surface area contributed by atoms with Crippen molar-refractivity contribution >= 4 is 17.0 Å². The van der Waals surface area contributed by atoms with Gasteiger partial charge in [-0.15, -0.1) is 0 Å². The summed E-state index contributed by atoms with van der Waals surface area (Å²) in [5.41, 5.74) is 2.12. The maximum absolute atomic E-state index is 5.47. The molecular formula is C14H15NO. The van der Waals surface area contributed by atoms with Gasteiger partial charge in [-0.25, -0.2) is 0 Å². The van der Waals surface area contributed by atoms with E-state index in [1.54, 1.807) is 0 Å². The van der Waals surface area contributed by atoms with E-state index >= 15 is 0 Å². The predicted octanol–water partition coefficient (Wildman–Crippen LogP) is 3.20. The molecule has 0 unspecified atom stereocenters. The molecule has 0 spiro atoms. The van der Waals surface area contributed by atoms with Gasteiger partial charge in [-0.3, -0.25) is 0 Å². The quantitative estimate of drug-likeness (QED) is 0.843. The van der Waals surface area contributed by atoms with Gasteiger partial charge in [-0.05, 0) is 18.9 Å². The summed E-state index contributed by atoms with van der Waals surface area (Å²) in [6.07, 6.45) is 8.78. The highest BCUT2D eigenvalue weighted by molar-refractivity contribution is 5.86. The third-order valence-corrected chi connectivity index (χ3v) is 2.91. The summed E-state index contributed by atoms with van der Waals surface area (Å²) >= 11 is 0. The molecule has 2 aromatic rings. The van der Waals surface area contributed by atoms with E-state index < -0.39 is 0 Å². The summed E-state index contributed by atoms with van der Waals surface area (Å²) in [5.74, 6) is 0. The highest BCUT2D eigenvalue weighted by atomic mass is 16.3. The molecule has 1 heterocycles. The molecule has 0 saturated heterocycles. The number of hydrogen-bond donors (Lipinski definition) is 1. The molecule has 16 heavy (non-hydrogen) atoms. The molecule has 0 bridgehead atoms. The number of hydrogen-bond acceptors (Lipinski definition) is 2. The first kappa shape index (κ1) is 9.67. The maximum Gasteiger partial charge on any atom is 0.134 e. The number of benzene rings is 1. The molecule has 1 aliphatic carbocycles. The van der Waals surface area contributed by atoms with Crippen LogP contribution in [0.1, 0.15) is 18.4 Å². The molecule has 1 aromatic carbocycles. The Morgan fingerprint density at radius 1 is 1.31 bits per heavy atom. The molecule has 0 amide bonds. The van der Waals surface area contributed by atoms with Crippen LogP contribution in [0.15, 0.2) is 41.0 Å². The van der Waals surface area contributed by atoms with Crippen LogP contribution in [0, 0.1) is 0 Å². The van der Waals surface area contributed by atoms with Crippen LogP contribution in [-0.4, -0.2) is 12.6 Å². The van der Waals surface area contributed by atoms with Crippen LogP contribution >= 0.6 is 0 Å². The van der Waals surface area contributed by atoms with Crippen LogP contribution in [0.25, 0.3) is 17.0 Å². The van der Waals surface area contributed by atoms with E-state index in [2.05, 4.69) is 23.5 Å². The van der Waals surface area contributed by atoms with Crippen molar-refractivity contribution in [1.82, 2.24) is 5.32 Å². The number of nitrogens with one attached hydrogen (secondary N) is 1. The summed E-state index contributed by atoms with van der Waals surface area (Å²) in [5, 5.41) is 4.64. The van der Waals surface area contributed by atoms with E-state index in [-0.39, 0.29) is 0 Å². The van der Waals surface area contributed by atoms with Crippen molar-refractivity contribution in [2.24, 2.45) is 0 Å². The Labute approximate surface area is 95.0 Å². The first-order valence-corrected chi connectivity index (χ1v) is 5.79. The molecule has 0 radical (unpaired) electrons. The van der Waals surface area contributed by atoms with Crippen molar-refractivity contribution in [3.05, 3.63) is 42.2 Å². The van der Waals surface area contributed by atoms with E-state index in [4.69, 9.17) is 4.42 Å². The lowest BCUT2D eigenvalue weighted by Crippen LogP contribution is -2.15. The van der Waals surface area contributed by atoms with Gasteiger partial charge in [0.25, 0.3) is 0 Å². The van der Waals surface area contributed by atoms with Gasteiger partial charge in [0.1, 0.15) is 5.58 Å². The van der Waals surface area contributed by atoms with Crippen molar-refractivity contribution in [3.63, 3.8) is 0 Å². The fraction of sp³-hybridized carbons (Fsp3) is 0.286. The second-order valence-electron chi connectivity index (χ2n) is 4.27. The van der Waals surface area contributed by atoms with Gasteiger partial charge in [0.2, 0.25) is 0 Å². The van der Waals surface area contributed by atoms with E-state index in [1.807, 2.05) is 24.5 Å². The fourth-order valence-corrected chi connectivity index (χ4v) is 1.84. The fourth-order valence-electron chi connectivity index (χ4n) is 1.84. The molecule has 82 valence electrons. The summed E-state index contributed by atoms with van der Waals surface area (Å²) < 4.78 is 5.47. The highest BCUT2D eigenvalue weighted by Crippen LogP contribution is 2.22. The minimum Gasteiger partial charge on any atom is -0.464 e. The standard InChI is InChI=1S/C14H15NO/c1-2-6-14-13(5-1)11(10-16-14)4-3-9-15-12-7-8-12/h1-6,10,12,15H,7-9H2/b4-3+. The Balaban J connectivity index is 1.72. The van der Waals surface area contributed by atoms with Gasteiger partial charge in [-0.2, -0.15) is 0 Å². The first-order chi connectivity index (χ1) is 7.93. The lowest BCUT2D eigenvalue weighted by molar-refractivity contribution is 0.615. The second kappa shape index (κ2) is 4.14. The summed E-state index contributed by atoms with van der Waals surface area (Å²) in [6, 6.07) is 8.89. The Morgan fingerprint density at radius 3 is 3.06 bits per heavy atom. The zero-order chi connectivity index (χ0) is 10.8. The molecule has 1 saturated carbocycles. The van der Waals surface area contributed by atoms with Gasteiger partial charge >= 0.3 is 0 Å². The molecular weight excluding hydrogens is 198 g/mol. The van der Waals surface area contributed by atoms with Crippen LogP contribution in [0.3, 0.4) is 0 Å². The second-order valence-corrected chi connectivity index (χ2v) is 4.27. The molecule has 1 fully saturated rings. The number of fused-ring (bicyclic) bond motifs is 1. The first-order valence-electron chi connectivity index (χ1n) is 5.79. The minimum atomic E-state index is 0.769. The largest absolute Gasteiger partial charge is 0.464 e. The Hall–Kier alpha value is -1.54. The molecule has 3 rings (SSSR count). The summed E-state index contributed by atoms with van der Waals surface area (Å²) in [7, 11) is 0. The molecule has 0 aliphatic heterocycles. The Bertz CT molecular complexity index is 508. The van der Waals surface area contributed by atoms with Crippen LogP contribution in [-0.2, 0) is 0 Å². The lowest BCUT2D eigenvalue weighted by Gasteiger charge is -1.94. The zero-order valence-electron chi connectivity index (χ0n) is 9.15. The van der Waals surface area contributed by atoms with E-state index in [9.17, 15) is 0 Å². The monoisotopic (exact) mass is 213 g/mol. The SMILES string of the molecule is C(=C\c1coc2ccccc12)/CNC1CC1. The number of rotatable bonds is 4. The topological polar surface area (TPSA) is 25.2 Å².